The van der Waals surface area contributed by atoms with Crippen LogP contribution < -0.4 is 9.47 Å². The molecule has 1 amide bonds. The summed E-state index contributed by atoms with van der Waals surface area (Å²) in [6.07, 6.45) is 0.667. The molecule has 186 valence electrons. The zero-order valence-corrected chi connectivity index (χ0v) is 20.8. The lowest BCUT2D eigenvalue weighted by atomic mass is 9.93. The van der Waals surface area contributed by atoms with E-state index in [4.69, 9.17) is 9.47 Å². The predicted octanol–water partition coefficient (Wildman–Crippen LogP) is 5.58. The maximum absolute atomic E-state index is 13.5. The number of Topliss-reactive ketones (excluding diaryl/α,β-unsaturated/α-hetero) is 1. The number of aliphatic hydroxyl groups excluding tert-OH is 1. The quantitative estimate of drug-likeness (QED) is 0.406. The van der Waals surface area contributed by atoms with Gasteiger partial charge in [0.15, 0.2) is 11.5 Å². The zero-order valence-electron chi connectivity index (χ0n) is 20.8. The lowest BCUT2D eigenvalue weighted by molar-refractivity contribution is -0.130. The molecule has 1 N–H and O–H groups in total. The van der Waals surface area contributed by atoms with Crippen molar-refractivity contribution < 1.29 is 24.2 Å². The van der Waals surface area contributed by atoms with Crippen LogP contribution in [0.2, 0.25) is 0 Å². The number of carbonyl (C=O) groups is 2. The van der Waals surface area contributed by atoms with E-state index < -0.39 is 17.7 Å². The number of aliphatic hydroxyl groups is 1. The average molecular weight is 486 g/mol. The third-order valence-electron chi connectivity index (χ3n) is 6.12. The molecule has 0 aromatic heterocycles. The van der Waals surface area contributed by atoms with Gasteiger partial charge in [0, 0.05) is 13.0 Å². The van der Waals surface area contributed by atoms with E-state index in [1.807, 2.05) is 92.7 Å². The van der Waals surface area contributed by atoms with Crippen molar-refractivity contribution in [3.63, 3.8) is 0 Å². The lowest BCUT2D eigenvalue weighted by Gasteiger charge is -2.27. The molecular weight excluding hydrogens is 454 g/mol. The third-order valence-corrected chi connectivity index (χ3v) is 6.12. The van der Waals surface area contributed by atoms with Gasteiger partial charge in [-0.3, -0.25) is 9.59 Å². The van der Waals surface area contributed by atoms with Crippen LogP contribution in [-0.4, -0.2) is 34.9 Å². The highest BCUT2D eigenvalue weighted by atomic mass is 16.5. The smallest absolute Gasteiger partial charge is 0.290 e. The first kappa shape index (κ1) is 25.0. The fraction of sp³-hybridized carbons (Fsp3) is 0.267. The topological polar surface area (TPSA) is 76.1 Å². The van der Waals surface area contributed by atoms with Crippen molar-refractivity contribution in [2.24, 2.45) is 0 Å². The van der Waals surface area contributed by atoms with E-state index in [2.05, 4.69) is 0 Å². The zero-order chi connectivity index (χ0) is 25.7. The maximum Gasteiger partial charge on any atom is 0.290 e. The number of rotatable bonds is 10. The van der Waals surface area contributed by atoms with Gasteiger partial charge in [-0.1, -0.05) is 54.6 Å². The van der Waals surface area contributed by atoms with Crippen LogP contribution in [0.3, 0.4) is 0 Å². The molecule has 1 atom stereocenters. The Hall–Kier alpha value is -4.06. The van der Waals surface area contributed by atoms with Crippen LogP contribution in [-0.2, 0) is 22.6 Å². The Morgan fingerprint density at radius 3 is 2.36 bits per heavy atom. The summed E-state index contributed by atoms with van der Waals surface area (Å²) in [5.41, 5.74) is 2.68. The van der Waals surface area contributed by atoms with Crippen molar-refractivity contribution in [3.8, 4) is 11.5 Å². The first-order valence-corrected chi connectivity index (χ1v) is 12.1. The van der Waals surface area contributed by atoms with Gasteiger partial charge in [-0.05, 0) is 61.2 Å². The summed E-state index contributed by atoms with van der Waals surface area (Å²) in [5.74, 6) is -0.00616. The number of benzene rings is 3. The first-order chi connectivity index (χ1) is 17.4. The van der Waals surface area contributed by atoms with Crippen molar-refractivity contribution in [2.75, 3.05) is 7.11 Å². The molecule has 0 bridgehead atoms. The number of aryl methyl sites for hydroxylation is 1. The van der Waals surface area contributed by atoms with Crippen molar-refractivity contribution in [1.29, 1.82) is 0 Å². The van der Waals surface area contributed by atoms with E-state index >= 15 is 0 Å². The Bertz CT molecular complexity index is 1270. The number of hydrogen-bond acceptors (Lipinski definition) is 5. The molecule has 4 rings (SSSR count). The van der Waals surface area contributed by atoms with Crippen LogP contribution in [0.15, 0.2) is 90.2 Å². The summed E-state index contributed by atoms with van der Waals surface area (Å²) >= 11 is 0. The largest absolute Gasteiger partial charge is 0.503 e. The minimum atomic E-state index is -0.734. The van der Waals surface area contributed by atoms with Crippen LogP contribution in [0.4, 0.5) is 0 Å². The average Bonchev–Trinajstić information content (AvgIpc) is 3.13. The van der Waals surface area contributed by atoms with E-state index in [1.54, 1.807) is 7.11 Å². The molecule has 1 unspecified atom stereocenters. The van der Waals surface area contributed by atoms with Gasteiger partial charge in [-0.2, -0.15) is 0 Å². The summed E-state index contributed by atoms with van der Waals surface area (Å²) in [4.78, 5) is 28.3. The Morgan fingerprint density at radius 1 is 0.944 bits per heavy atom. The second-order valence-electron chi connectivity index (χ2n) is 9.10. The van der Waals surface area contributed by atoms with Gasteiger partial charge in [0.1, 0.15) is 11.5 Å². The molecule has 0 saturated heterocycles. The molecule has 0 fully saturated rings. The maximum atomic E-state index is 13.5. The van der Waals surface area contributed by atoms with Gasteiger partial charge in [0.05, 0.1) is 24.8 Å². The Labute approximate surface area is 211 Å². The standard InChI is InChI=1S/C30H31NO5/c1-20(2)36-25-14-8-12-23(18-25)28-27(26(32)16-15-21-9-5-4-6-10-21)29(33)30(34)31(28)19-22-11-7-13-24(17-22)35-3/h4-14,17-18,20,28,33H,15-16,19H2,1-3H3. The SMILES string of the molecule is COc1cccc(CN2C(=O)C(O)=C(C(=O)CCc3ccccc3)C2c2cccc(OC(C)C)c2)c1. The van der Waals surface area contributed by atoms with Crippen LogP contribution >= 0.6 is 0 Å². The molecule has 0 spiro atoms. The number of nitrogens with zero attached hydrogens (tertiary/aromatic N) is 1. The Morgan fingerprint density at radius 2 is 1.64 bits per heavy atom. The molecule has 3 aromatic rings. The van der Waals surface area contributed by atoms with Gasteiger partial charge in [0.2, 0.25) is 0 Å². The lowest BCUT2D eigenvalue weighted by Crippen LogP contribution is -2.30. The Kier molecular flexibility index (Phi) is 7.74. The summed E-state index contributed by atoms with van der Waals surface area (Å²) in [6, 6.07) is 23.7. The van der Waals surface area contributed by atoms with Crippen LogP contribution in [0.1, 0.15) is 43.0 Å². The summed E-state index contributed by atoms with van der Waals surface area (Å²) in [5, 5.41) is 10.9. The molecule has 1 heterocycles. The normalized spacial score (nSPS) is 15.5. The predicted molar refractivity (Wildman–Crippen MR) is 138 cm³/mol. The van der Waals surface area contributed by atoms with Crippen LogP contribution in [0.25, 0.3) is 0 Å². The highest BCUT2D eigenvalue weighted by Gasteiger charge is 2.43. The highest BCUT2D eigenvalue weighted by molar-refractivity contribution is 6.09. The molecule has 1 aliphatic rings. The second-order valence-corrected chi connectivity index (χ2v) is 9.10. The summed E-state index contributed by atoms with van der Waals surface area (Å²) in [7, 11) is 1.58. The fourth-order valence-electron chi connectivity index (χ4n) is 4.48. The number of carbonyl (C=O) groups excluding carboxylic acids is 2. The van der Waals surface area contributed by atoms with Crippen molar-refractivity contribution >= 4 is 11.7 Å². The van der Waals surface area contributed by atoms with Crippen molar-refractivity contribution in [3.05, 3.63) is 107 Å². The third kappa shape index (κ3) is 5.60. The molecule has 6 nitrogen and oxygen atoms in total. The molecule has 0 radical (unpaired) electrons. The monoisotopic (exact) mass is 485 g/mol. The molecular formula is C30H31NO5. The summed E-state index contributed by atoms with van der Waals surface area (Å²) < 4.78 is 11.2. The number of ketones is 1. The minimum absolute atomic E-state index is 0.0331. The molecule has 36 heavy (non-hydrogen) atoms. The van der Waals surface area contributed by atoms with Crippen LogP contribution in [0.5, 0.6) is 11.5 Å². The van der Waals surface area contributed by atoms with Gasteiger partial charge in [-0.25, -0.2) is 0 Å². The molecule has 6 heteroatoms. The van der Waals surface area contributed by atoms with E-state index in [0.717, 1.165) is 11.1 Å². The van der Waals surface area contributed by atoms with Gasteiger partial charge < -0.3 is 19.5 Å². The van der Waals surface area contributed by atoms with E-state index in [0.29, 0.717) is 23.5 Å². The minimum Gasteiger partial charge on any atom is -0.503 e. The number of amides is 1. The number of ether oxygens (including phenoxy) is 2. The van der Waals surface area contributed by atoms with Crippen LogP contribution in [0, 0.1) is 0 Å². The molecule has 3 aromatic carbocycles. The van der Waals surface area contributed by atoms with Gasteiger partial charge in [-0.15, -0.1) is 0 Å². The van der Waals surface area contributed by atoms with E-state index in [1.165, 1.54) is 4.90 Å². The van der Waals surface area contributed by atoms with E-state index in [-0.39, 0.29) is 30.4 Å². The van der Waals surface area contributed by atoms with Crippen molar-refractivity contribution in [1.82, 2.24) is 4.90 Å². The highest BCUT2D eigenvalue weighted by Crippen LogP contribution is 2.40. The fourth-order valence-corrected chi connectivity index (χ4v) is 4.48. The molecule has 1 aliphatic heterocycles. The first-order valence-electron chi connectivity index (χ1n) is 12.1. The van der Waals surface area contributed by atoms with Gasteiger partial charge >= 0.3 is 0 Å². The molecule has 0 aliphatic carbocycles. The van der Waals surface area contributed by atoms with Gasteiger partial charge in [0.25, 0.3) is 5.91 Å². The number of methoxy groups -OCH3 is 1. The van der Waals surface area contributed by atoms with E-state index in [9.17, 15) is 14.7 Å². The molecule has 0 saturated carbocycles. The van der Waals surface area contributed by atoms with Crippen molar-refractivity contribution in [2.45, 2.75) is 45.4 Å². The number of hydrogen-bond donors (Lipinski definition) is 1. The summed E-state index contributed by atoms with van der Waals surface area (Å²) in [6.45, 7) is 4.08. The Balaban J connectivity index is 1.69. The second kappa shape index (κ2) is 11.1.